The van der Waals surface area contributed by atoms with E-state index in [1.54, 1.807) is 37.1 Å². The maximum absolute atomic E-state index is 12.3. The van der Waals surface area contributed by atoms with E-state index in [-0.39, 0.29) is 24.4 Å². The minimum absolute atomic E-state index is 0.0538. The van der Waals surface area contributed by atoms with Crippen molar-refractivity contribution in [2.45, 2.75) is 38.3 Å². The third-order valence-electron chi connectivity index (χ3n) is 4.34. The van der Waals surface area contributed by atoms with Crippen LogP contribution in [0.1, 0.15) is 32.2 Å². The molecule has 22 heavy (non-hydrogen) atoms. The third-order valence-corrected chi connectivity index (χ3v) is 4.34. The van der Waals surface area contributed by atoms with Crippen LogP contribution >= 0.6 is 0 Å². The Bertz CT molecular complexity index is 502. The van der Waals surface area contributed by atoms with E-state index < -0.39 is 6.04 Å². The molecule has 1 aromatic heterocycles. The van der Waals surface area contributed by atoms with Crippen LogP contribution in [0.15, 0.2) is 18.5 Å². The minimum Gasteiger partial charge on any atom is -0.352 e. The van der Waals surface area contributed by atoms with Gasteiger partial charge in [0.25, 0.3) is 0 Å². The molecule has 2 amide bonds. The summed E-state index contributed by atoms with van der Waals surface area (Å²) in [6, 6.07) is 1.49. The van der Waals surface area contributed by atoms with E-state index in [9.17, 15) is 9.59 Å². The summed E-state index contributed by atoms with van der Waals surface area (Å²) in [5.74, 6) is 0.0856. The fourth-order valence-electron chi connectivity index (χ4n) is 3.00. The van der Waals surface area contributed by atoms with Crippen molar-refractivity contribution in [2.75, 3.05) is 20.1 Å². The van der Waals surface area contributed by atoms with Gasteiger partial charge in [0.15, 0.2) is 0 Å². The molecule has 0 aliphatic heterocycles. The molecule has 0 radical (unpaired) electrons. The first kappa shape index (κ1) is 16.5. The average Bonchev–Trinajstić information content (AvgIpc) is 3.16. The Kier molecular flexibility index (Phi) is 5.54. The van der Waals surface area contributed by atoms with Gasteiger partial charge in [0.05, 0.1) is 6.54 Å². The Morgan fingerprint density at radius 2 is 2.27 bits per heavy atom. The van der Waals surface area contributed by atoms with Gasteiger partial charge in [-0.15, -0.1) is 0 Å². The number of hydrogen-bond acceptors (Lipinski definition) is 4. The van der Waals surface area contributed by atoms with Crippen LogP contribution in [-0.2, 0) is 9.59 Å². The number of carbonyl (C=O) groups excluding carboxylic acids is 2. The summed E-state index contributed by atoms with van der Waals surface area (Å²) in [7, 11) is 1.64. The molecule has 0 spiro atoms. The zero-order valence-corrected chi connectivity index (χ0v) is 13.2. The first-order valence-corrected chi connectivity index (χ1v) is 7.76. The lowest BCUT2D eigenvalue weighted by atomic mass is 10.0. The first-order valence-electron chi connectivity index (χ1n) is 7.76. The van der Waals surface area contributed by atoms with Gasteiger partial charge in [-0.3, -0.25) is 14.3 Å². The van der Waals surface area contributed by atoms with Crippen LogP contribution in [0.3, 0.4) is 0 Å². The SMILES string of the molecule is CC(C(=O)N(C)CC(=O)NC1CCCC1CN)n1cccn1. The smallest absolute Gasteiger partial charge is 0.247 e. The first-order chi connectivity index (χ1) is 10.5. The van der Waals surface area contributed by atoms with Crippen molar-refractivity contribution in [1.29, 1.82) is 0 Å². The number of carbonyl (C=O) groups is 2. The monoisotopic (exact) mass is 307 g/mol. The van der Waals surface area contributed by atoms with Crippen LogP contribution in [0.25, 0.3) is 0 Å². The zero-order chi connectivity index (χ0) is 16.1. The molecule has 3 N–H and O–H groups in total. The topological polar surface area (TPSA) is 93.3 Å². The fraction of sp³-hybridized carbons (Fsp3) is 0.667. The largest absolute Gasteiger partial charge is 0.352 e. The Hall–Kier alpha value is -1.89. The van der Waals surface area contributed by atoms with Crippen molar-refractivity contribution >= 4 is 11.8 Å². The van der Waals surface area contributed by atoms with Crippen LogP contribution in [0.4, 0.5) is 0 Å². The quantitative estimate of drug-likeness (QED) is 0.782. The van der Waals surface area contributed by atoms with Crippen molar-refractivity contribution in [3.8, 4) is 0 Å². The maximum Gasteiger partial charge on any atom is 0.247 e. The van der Waals surface area contributed by atoms with Crippen LogP contribution in [0.2, 0.25) is 0 Å². The predicted octanol–water partition coefficient (Wildman–Crippen LogP) is 0.146. The van der Waals surface area contributed by atoms with Gasteiger partial charge < -0.3 is 16.0 Å². The Labute approximate surface area is 130 Å². The number of hydrogen-bond donors (Lipinski definition) is 2. The molecule has 1 aliphatic rings. The number of aromatic nitrogens is 2. The van der Waals surface area contributed by atoms with E-state index in [0.29, 0.717) is 12.5 Å². The van der Waals surface area contributed by atoms with Crippen molar-refractivity contribution in [1.82, 2.24) is 20.0 Å². The number of nitrogens with zero attached hydrogens (tertiary/aromatic N) is 3. The molecule has 1 aromatic rings. The molecule has 0 aromatic carbocycles. The van der Waals surface area contributed by atoms with Crippen LogP contribution in [-0.4, -0.2) is 52.7 Å². The standard InChI is InChI=1S/C15H25N5O2/c1-11(20-8-4-7-17-20)15(22)19(2)10-14(21)18-13-6-3-5-12(13)9-16/h4,7-8,11-13H,3,5-6,9-10,16H2,1-2H3,(H,18,21). The summed E-state index contributed by atoms with van der Waals surface area (Å²) in [6.45, 7) is 2.42. The van der Waals surface area contributed by atoms with Gasteiger partial charge in [-0.05, 0) is 38.3 Å². The molecule has 122 valence electrons. The minimum atomic E-state index is -0.420. The van der Waals surface area contributed by atoms with Crippen molar-refractivity contribution in [2.24, 2.45) is 11.7 Å². The molecule has 3 unspecified atom stereocenters. The van der Waals surface area contributed by atoms with Gasteiger partial charge in [-0.25, -0.2) is 0 Å². The molecule has 1 heterocycles. The highest BCUT2D eigenvalue weighted by molar-refractivity contribution is 5.86. The van der Waals surface area contributed by atoms with E-state index in [1.165, 1.54) is 4.90 Å². The third kappa shape index (κ3) is 3.85. The zero-order valence-electron chi connectivity index (χ0n) is 13.2. The molecular formula is C15H25N5O2. The molecule has 1 aliphatic carbocycles. The average molecular weight is 307 g/mol. The van der Waals surface area contributed by atoms with E-state index in [2.05, 4.69) is 10.4 Å². The predicted molar refractivity (Wildman–Crippen MR) is 82.9 cm³/mol. The summed E-state index contributed by atoms with van der Waals surface area (Å²) in [6.07, 6.45) is 6.49. The molecule has 0 saturated heterocycles. The molecule has 7 heteroatoms. The molecule has 0 bridgehead atoms. The number of likely N-dealkylation sites (N-methyl/N-ethyl adjacent to an activating group) is 1. The Morgan fingerprint density at radius 1 is 1.50 bits per heavy atom. The summed E-state index contributed by atoms with van der Waals surface area (Å²) >= 11 is 0. The van der Waals surface area contributed by atoms with Crippen molar-refractivity contribution in [3.63, 3.8) is 0 Å². The normalized spacial score (nSPS) is 22.3. The second-order valence-electron chi connectivity index (χ2n) is 5.96. The number of nitrogens with one attached hydrogen (secondary N) is 1. The number of amides is 2. The lowest BCUT2D eigenvalue weighted by Gasteiger charge is -2.24. The van der Waals surface area contributed by atoms with Crippen LogP contribution in [0.5, 0.6) is 0 Å². The lowest BCUT2D eigenvalue weighted by molar-refractivity contribution is -0.137. The van der Waals surface area contributed by atoms with E-state index in [1.807, 2.05) is 0 Å². The van der Waals surface area contributed by atoms with Gasteiger partial charge in [0, 0.05) is 25.5 Å². The Morgan fingerprint density at radius 3 is 2.91 bits per heavy atom. The van der Waals surface area contributed by atoms with Crippen molar-refractivity contribution < 1.29 is 9.59 Å². The molecule has 3 atom stereocenters. The van der Waals surface area contributed by atoms with E-state index in [4.69, 9.17) is 5.73 Å². The highest BCUT2D eigenvalue weighted by atomic mass is 16.2. The van der Waals surface area contributed by atoms with Gasteiger partial charge in [-0.2, -0.15) is 5.10 Å². The maximum atomic E-state index is 12.3. The Balaban J connectivity index is 1.84. The molecule has 2 rings (SSSR count). The molecule has 1 fully saturated rings. The van der Waals surface area contributed by atoms with E-state index in [0.717, 1.165) is 19.3 Å². The highest BCUT2D eigenvalue weighted by Gasteiger charge is 2.28. The van der Waals surface area contributed by atoms with Crippen LogP contribution < -0.4 is 11.1 Å². The van der Waals surface area contributed by atoms with Gasteiger partial charge in [0.1, 0.15) is 6.04 Å². The van der Waals surface area contributed by atoms with E-state index >= 15 is 0 Å². The second kappa shape index (κ2) is 7.40. The van der Waals surface area contributed by atoms with Crippen LogP contribution in [0, 0.1) is 5.92 Å². The number of nitrogens with two attached hydrogens (primary N) is 1. The molecular weight excluding hydrogens is 282 g/mol. The van der Waals surface area contributed by atoms with Crippen molar-refractivity contribution in [3.05, 3.63) is 18.5 Å². The lowest BCUT2D eigenvalue weighted by Crippen LogP contribution is -2.46. The summed E-state index contributed by atoms with van der Waals surface area (Å²) in [4.78, 5) is 25.9. The second-order valence-corrected chi connectivity index (χ2v) is 5.96. The van der Waals surface area contributed by atoms with Gasteiger partial charge in [-0.1, -0.05) is 6.42 Å². The fourth-order valence-corrected chi connectivity index (χ4v) is 3.00. The summed E-state index contributed by atoms with van der Waals surface area (Å²) in [5.41, 5.74) is 5.72. The highest BCUT2D eigenvalue weighted by Crippen LogP contribution is 2.24. The summed E-state index contributed by atoms with van der Waals surface area (Å²) in [5, 5.41) is 7.06. The van der Waals surface area contributed by atoms with Gasteiger partial charge in [0.2, 0.25) is 11.8 Å². The molecule has 1 saturated carbocycles. The molecule has 7 nitrogen and oxygen atoms in total. The van der Waals surface area contributed by atoms with Gasteiger partial charge >= 0.3 is 0 Å². The number of rotatable bonds is 6. The summed E-state index contributed by atoms with van der Waals surface area (Å²) < 4.78 is 1.58.